The van der Waals surface area contributed by atoms with Gasteiger partial charge in [0, 0.05) is 41.7 Å². The molecule has 2 aromatic carbocycles. The number of ether oxygens (including phenoxy) is 2. The average Bonchev–Trinajstić information content (AvgIpc) is 3.37. The number of amides is 1. The molecule has 0 bridgehead atoms. The van der Waals surface area contributed by atoms with Gasteiger partial charge in [-0.2, -0.15) is 0 Å². The van der Waals surface area contributed by atoms with Gasteiger partial charge < -0.3 is 20.1 Å². The number of rotatable bonds is 10. The van der Waals surface area contributed by atoms with E-state index in [4.69, 9.17) is 9.47 Å². The van der Waals surface area contributed by atoms with Crippen molar-refractivity contribution >= 4 is 33.8 Å². The molecule has 1 aliphatic rings. The fourth-order valence-electron chi connectivity index (χ4n) is 3.76. The van der Waals surface area contributed by atoms with Crippen LogP contribution in [0.5, 0.6) is 5.75 Å². The number of nitro benzene ring substituents is 1. The molecule has 1 aliphatic heterocycles. The van der Waals surface area contributed by atoms with Gasteiger partial charge in [0.2, 0.25) is 6.29 Å². The molecule has 10 heteroatoms. The van der Waals surface area contributed by atoms with Crippen molar-refractivity contribution in [2.24, 2.45) is 5.92 Å². The summed E-state index contributed by atoms with van der Waals surface area (Å²) in [4.78, 5) is 28.1. The molecule has 0 fully saturated rings. The van der Waals surface area contributed by atoms with Gasteiger partial charge in [0.05, 0.1) is 22.8 Å². The molecule has 0 spiro atoms. The van der Waals surface area contributed by atoms with Crippen LogP contribution in [0.4, 0.5) is 16.5 Å². The number of hydrogen-bond acceptors (Lipinski definition) is 8. The number of carbonyl (C=O) groups is 1. The highest BCUT2D eigenvalue weighted by molar-refractivity contribution is 7.13. The van der Waals surface area contributed by atoms with E-state index in [2.05, 4.69) is 22.5 Å². The van der Waals surface area contributed by atoms with E-state index >= 15 is 0 Å². The first-order valence-corrected chi connectivity index (χ1v) is 12.0. The summed E-state index contributed by atoms with van der Waals surface area (Å²) in [6.45, 7) is 2.86. The summed E-state index contributed by atoms with van der Waals surface area (Å²) in [5.41, 5.74) is 1.45. The Hall–Kier alpha value is -3.50. The fraction of sp³-hybridized carbons (Fsp3) is 0.333. The molecule has 0 saturated heterocycles. The maximum absolute atomic E-state index is 13.2. The van der Waals surface area contributed by atoms with Crippen molar-refractivity contribution < 1.29 is 19.2 Å². The highest BCUT2D eigenvalue weighted by Gasteiger charge is 2.29. The standard InChI is InChI=1S/C24H26N4O5S/c1-2-3-6-16(23-32-15-17-7-4-5-8-21(17)33-23)14-26-22(29)19-13-18(28(30)31)9-10-20(19)27-24-25-11-12-34-24/h4-5,7-13,16,23H,2-3,6,14-15H2,1H3,(H,25,27)(H,26,29). The number of carbonyl (C=O) groups excluding carboxylic acids is 1. The lowest BCUT2D eigenvalue weighted by Gasteiger charge is -2.32. The Labute approximate surface area is 201 Å². The predicted octanol–water partition coefficient (Wildman–Crippen LogP) is 5.27. The van der Waals surface area contributed by atoms with E-state index in [1.165, 1.54) is 29.5 Å². The molecule has 178 valence electrons. The van der Waals surface area contributed by atoms with Gasteiger partial charge in [0.25, 0.3) is 11.6 Å². The van der Waals surface area contributed by atoms with Gasteiger partial charge in [-0.3, -0.25) is 14.9 Å². The minimum absolute atomic E-state index is 0.0775. The van der Waals surface area contributed by atoms with Crippen molar-refractivity contribution in [2.45, 2.75) is 39.1 Å². The van der Waals surface area contributed by atoms with Gasteiger partial charge in [-0.1, -0.05) is 38.0 Å². The molecular weight excluding hydrogens is 456 g/mol. The first kappa shape index (κ1) is 23.7. The molecule has 34 heavy (non-hydrogen) atoms. The lowest BCUT2D eigenvalue weighted by atomic mass is 10.00. The summed E-state index contributed by atoms with van der Waals surface area (Å²) in [6, 6.07) is 11.9. The van der Waals surface area contributed by atoms with E-state index < -0.39 is 17.1 Å². The average molecular weight is 483 g/mol. The lowest BCUT2D eigenvalue weighted by Crippen LogP contribution is -2.40. The Balaban J connectivity index is 1.50. The molecule has 9 nitrogen and oxygen atoms in total. The number of nitro groups is 1. The van der Waals surface area contributed by atoms with Crippen LogP contribution in [0.3, 0.4) is 0 Å². The van der Waals surface area contributed by atoms with Gasteiger partial charge in [-0.15, -0.1) is 11.3 Å². The van der Waals surface area contributed by atoms with Crippen molar-refractivity contribution in [2.75, 3.05) is 11.9 Å². The number of non-ortho nitro benzene ring substituents is 1. The second-order valence-corrected chi connectivity index (χ2v) is 8.86. The molecule has 1 amide bonds. The fourth-order valence-corrected chi connectivity index (χ4v) is 4.31. The number of nitrogens with one attached hydrogen (secondary N) is 2. The Morgan fingerprint density at radius 2 is 2.18 bits per heavy atom. The van der Waals surface area contributed by atoms with Crippen molar-refractivity contribution in [1.29, 1.82) is 0 Å². The van der Waals surface area contributed by atoms with Gasteiger partial charge in [-0.05, 0) is 18.6 Å². The van der Waals surface area contributed by atoms with Gasteiger partial charge >= 0.3 is 0 Å². The molecule has 2 heterocycles. The predicted molar refractivity (Wildman–Crippen MR) is 129 cm³/mol. The molecule has 1 aromatic heterocycles. The van der Waals surface area contributed by atoms with Crippen LogP contribution in [-0.2, 0) is 11.3 Å². The summed E-state index contributed by atoms with van der Waals surface area (Å²) < 4.78 is 12.1. The van der Waals surface area contributed by atoms with Crippen LogP contribution in [0, 0.1) is 16.0 Å². The van der Waals surface area contributed by atoms with Crippen LogP contribution in [-0.4, -0.2) is 28.6 Å². The number of fused-ring (bicyclic) bond motifs is 1. The van der Waals surface area contributed by atoms with E-state index in [9.17, 15) is 14.9 Å². The minimum atomic E-state index is -0.519. The molecule has 4 rings (SSSR count). The highest BCUT2D eigenvalue weighted by atomic mass is 32.1. The zero-order chi connectivity index (χ0) is 23.9. The monoisotopic (exact) mass is 482 g/mol. The van der Waals surface area contributed by atoms with Crippen molar-refractivity contribution in [3.8, 4) is 5.75 Å². The molecule has 0 radical (unpaired) electrons. The van der Waals surface area contributed by atoms with E-state index in [1.807, 2.05) is 24.3 Å². The number of aromatic nitrogens is 1. The van der Waals surface area contributed by atoms with Crippen molar-refractivity contribution in [3.05, 3.63) is 75.3 Å². The van der Waals surface area contributed by atoms with E-state index in [1.54, 1.807) is 11.6 Å². The van der Waals surface area contributed by atoms with Crippen LogP contribution >= 0.6 is 11.3 Å². The molecular formula is C24H26N4O5S. The molecule has 2 atom stereocenters. The van der Waals surface area contributed by atoms with Crippen LogP contribution in [0.1, 0.15) is 42.1 Å². The quantitative estimate of drug-likeness (QED) is 0.299. The number of anilines is 2. The number of nitrogens with zero attached hydrogens (tertiary/aromatic N) is 2. The zero-order valence-corrected chi connectivity index (χ0v) is 19.5. The topological polar surface area (TPSA) is 116 Å². The third-order valence-electron chi connectivity index (χ3n) is 5.59. The molecule has 0 saturated carbocycles. The van der Waals surface area contributed by atoms with Crippen molar-refractivity contribution in [3.63, 3.8) is 0 Å². The zero-order valence-electron chi connectivity index (χ0n) is 18.7. The largest absolute Gasteiger partial charge is 0.464 e. The molecule has 3 aromatic rings. The Kier molecular flexibility index (Phi) is 7.71. The summed E-state index contributed by atoms with van der Waals surface area (Å²) in [5, 5.41) is 19.7. The maximum atomic E-state index is 13.2. The van der Waals surface area contributed by atoms with Gasteiger partial charge in [-0.25, -0.2) is 4.98 Å². The van der Waals surface area contributed by atoms with Crippen molar-refractivity contribution in [1.82, 2.24) is 10.3 Å². The first-order chi connectivity index (χ1) is 16.5. The SMILES string of the molecule is CCCCC(CNC(=O)c1cc([N+](=O)[O-])ccc1Nc1nccs1)C1OCc2ccccc2O1. The maximum Gasteiger partial charge on any atom is 0.270 e. The van der Waals surface area contributed by atoms with E-state index in [-0.39, 0.29) is 17.2 Å². The lowest BCUT2D eigenvalue weighted by molar-refractivity contribution is -0.384. The van der Waals surface area contributed by atoms with Crippen LogP contribution in [0.25, 0.3) is 0 Å². The Bertz CT molecular complexity index is 1140. The molecule has 2 N–H and O–H groups in total. The third-order valence-corrected chi connectivity index (χ3v) is 6.28. The smallest absolute Gasteiger partial charge is 0.270 e. The van der Waals surface area contributed by atoms with E-state index in [0.717, 1.165) is 30.6 Å². The summed E-state index contributed by atoms with van der Waals surface area (Å²) in [6.07, 6.45) is 3.92. The summed E-state index contributed by atoms with van der Waals surface area (Å²) in [5.74, 6) is 0.298. The first-order valence-electron chi connectivity index (χ1n) is 11.1. The normalized spacial score (nSPS) is 15.6. The van der Waals surface area contributed by atoms with Crippen LogP contribution < -0.4 is 15.4 Å². The second kappa shape index (κ2) is 11.1. The van der Waals surface area contributed by atoms with Crippen LogP contribution in [0.2, 0.25) is 0 Å². The highest BCUT2D eigenvalue weighted by Crippen LogP contribution is 2.30. The molecule has 2 unspecified atom stereocenters. The third kappa shape index (κ3) is 5.70. The van der Waals surface area contributed by atoms with E-state index in [0.29, 0.717) is 24.0 Å². The van der Waals surface area contributed by atoms with Gasteiger partial charge in [0.1, 0.15) is 5.75 Å². The second-order valence-electron chi connectivity index (χ2n) is 7.97. The summed E-state index contributed by atoms with van der Waals surface area (Å²) >= 11 is 1.37. The number of hydrogen-bond donors (Lipinski definition) is 2. The number of benzene rings is 2. The number of para-hydroxylation sites is 1. The Morgan fingerprint density at radius 1 is 1.32 bits per heavy atom. The Morgan fingerprint density at radius 3 is 2.94 bits per heavy atom. The number of unbranched alkanes of at least 4 members (excludes halogenated alkanes) is 1. The molecule has 0 aliphatic carbocycles. The summed E-state index contributed by atoms with van der Waals surface area (Å²) in [7, 11) is 0. The minimum Gasteiger partial charge on any atom is -0.464 e. The number of thiazole rings is 1. The van der Waals surface area contributed by atoms with Gasteiger partial charge in [0.15, 0.2) is 5.13 Å². The van der Waals surface area contributed by atoms with Crippen LogP contribution in [0.15, 0.2) is 54.0 Å².